The fourth-order valence-corrected chi connectivity index (χ4v) is 3.53. The first-order chi connectivity index (χ1) is 15.4. The number of nitrogens with zero attached hydrogens (tertiary/aromatic N) is 2. The fourth-order valence-electron chi connectivity index (χ4n) is 3.53. The smallest absolute Gasteiger partial charge is 0.261 e. The molecule has 0 spiro atoms. The lowest BCUT2D eigenvalue weighted by Crippen LogP contribution is -2.31. The van der Waals surface area contributed by atoms with Crippen LogP contribution in [0.2, 0.25) is 0 Å². The highest BCUT2D eigenvalue weighted by molar-refractivity contribution is 6.22. The average Bonchev–Trinajstić information content (AvgIpc) is 3.32. The molecular formula is C23H21N3O6. The summed E-state index contributed by atoms with van der Waals surface area (Å²) < 4.78 is 15.5. The number of ether oxygens (including phenoxy) is 2. The van der Waals surface area contributed by atoms with Crippen molar-refractivity contribution in [3.8, 4) is 11.5 Å². The first-order valence-corrected chi connectivity index (χ1v) is 9.87. The number of methoxy groups -OCH3 is 2. The van der Waals surface area contributed by atoms with Crippen LogP contribution in [0.1, 0.15) is 42.4 Å². The van der Waals surface area contributed by atoms with Crippen molar-refractivity contribution < 1.29 is 28.4 Å². The van der Waals surface area contributed by atoms with Crippen LogP contribution < -0.4 is 14.8 Å². The van der Waals surface area contributed by atoms with Crippen molar-refractivity contribution in [2.75, 3.05) is 26.1 Å². The highest BCUT2D eigenvalue weighted by Gasteiger charge is 2.35. The van der Waals surface area contributed by atoms with Gasteiger partial charge in [-0.25, -0.2) is 0 Å². The Labute approximate surface area is 183 Å². The van der Waals surface area contributed by atoms with Crippen LogP contribution in [0.3, 0.4) is 0 Å². The van der Waals surface area contributed by atoms with Crippen molar-refractivity contribution in [3.63, 3.8) is 0 Å². The lowest BCUT2D eigenvalue weighted by molar-refractivity contribution is 0.0656. The molecule has 1 aromatic heterocycles. The molecule has 1 aliphatic rings. The van der Waals surface area contributed by atoms with E-state index in [1.807, 2.05) is 12.1 Å². The number of hydrogen-bond donors (Lipinski definition) is 1. The molecule has 9 heteroatoms. The molecular weight excluding hydrogens is 414 g/mol. The van der Waals surface area contributed by atoms with Crippen LogP contribution in [0.5, 0.6) is 11.5 Å². The Morgan fingerprint density at radius 1 is 1.00 bits per heavy atom. The Bertz CT molecular complexity index is 1220. The number of carbonyl (C=O) groups is 3. The number of amides is 3. The number of aryl methyl sites for hydroxylation is 1. The molecule has 3 amide bonds. The number of hydrogen-bond acceptors (Lipinski definition) is 7. The van der Waals surface area contributed by atoms with Crippen LogP contribution >= 0.6 is 0 Å². The predicted molar refractivity (Wildman–Crippen MR) is 114 cm³/mol. The molecule has 0 fully saturated rings. The van der Waals surface area contributed by atoms with E-state index in [0.29, 0.717) is 23.7 Å². The molecule has 1 aliphatic heterocycles. The van der Waals surface area contributed by atoms with Gasteiger partial charge in [0, 0.05) is 18.2 Å². The van der Waals surface area contributed by atoms with Gasteiger partial charge in [0.15, 0.2) is 17.3 Å². The minimum Gasteiger partial charge on any atom is -0.493 e. The monoisotopic (exact) mass is 435 g/mol. The topological polar surface area (TPSA) is 111 Å². The van der Waals surface area contributed by atoms with Gasteiger partial charge in [0.05, 0.1) is 25.3 Å². The van der Waals surface area contributed by atoms with Crippen molar-refractivity contribution in [2.24, 2.45) is 0 Å². The van der Waals surface area contributed by atoms with Gasteiger partial charge in [-0.15, -0.1) is 0 Å². The average molecular weight is 435 g/mol. The molecule has 0 saturated heterocycles. The molecule has 164 valence electrons. The van der Waals surface area contributed by atoms with Gasteiger partial charge in [-0.3, -0.25) is 19.3 Å². The summed E-state index contributed by atoms with van der Waals surface area (Å²) in [5.74, 6) is 0.730. The van der Waals surface area contributed by atoms with Crippen molar-refractivity contribution in [2.45, 2.75) is 13.3 Å². The highest BCUT2D eigenvalue weighted by atomic mass is 16.5. The van der Waals surface area contributed by atoms with Crippen LogP contribution in [-0.2, 0) is 6.42 Å². The summed E-state index contributed by atoms with van der Waals surface area (Å²) >= 11 is 0. The van der Waals surface area contributed by atoms with Crippen molar-refractivity contribution >= 4 is 23.5 Å². The molecule has 2 heterocycles. The standard InChI is InChI=1S/C23H21N3O6/c1-13-10-20(25-32-13)24-21(27)15-5-6-16-17(12-15)23(29)26(22(16)28)9-8-14-4-7-18(30-2)19(11-14)31-3/h4-7,10-12H,8-9H2,1-3H3,(H,24,25,27). The molecule has 4 rings (SSSR count). The van der Waals surface area contributed by atoms with Gasteiger partial charge in [-0.1, -0.05) is 11.2 Å². The summed E-state index contributed by atoms with van der Waals surface area (Å²) in [4.78, 5) is 39.3. The molecule has 0 aliphatic carbocycles. The molecule has 0 atom stereocenters. The van der Waals surface area contributed by atoms with Crippen LogP contribution in [0, 0.1) is 6.92 Å². The molecule has 9 nitrogen and oxygen atoms in total. The number of rotatable bonds is 7. The fraction of sp³-hybridized carbons (Fsp3) is 0.217. The summed E-state index contributed by atoms with van der Waals surface area (Å²) in [6, 6.07) is 11.4. The van der Waals surface area contributed by atoms with Gasteiger partial charge in [0.1, 0.15) is 5.76 Å². The summed E-state index contributed by atoms with van der Waals surface area (Å²) in [6.07, 6.45) is 0.449. The normalized spacial score (nSPS) is 12.7. The van der Waals surface area contributed by atoms with Gasteiger partial charge < -0.3 is 19.3 Å². The van der Waals surface area contributed by atoms with Gasteiger partial charge in [-0.05, 0) is 49.2 Å². The van der Waals surface area contributed by atoms with Crippen molar-refractivity contribution in [3.05, 3.63) is 70.5 Å². The second-order valence-electron chi connectivity index (χ2n) is 7.24. The third-order valence-electron chi connectivity index (χ3n) is 5.17. The van der Waals surface area contributed by atoms with E-state index < -0.39 is 11.8 Å². The van der Waals surface area contributed by atoms with Crippen LogP contribution in [0.4, 0.5) is 5.82 Å². The van der Waals surface area contributed by atoms with E-state index in [9.17, 15) is 14.4 Å². The van der Waals surface area contributed by atoms with E-state index in [1.165, 1.54) is 23.1 Å². The van der Waals surface area contributed by atoms with E-state index >= 15 is 0 Å². The Balaban J connectivity index is 1.48. The molecule has 32 heavy (non-hydrogen) atoms. The van der Waals surface area contributed by atoms with Crippen molar-refractivity contribution in [1.82, 2.24) is 10.1 Å². The van der Waals surface area contributed by atoms with E-state index in [0.717, 1.165) is 5.56 Å². The zero-order chi connectivity index (χ0) is 22.8. The second-order valence-corrected chi connectivity index (χ2v) is 7.24. The molecule has 1 N–H and O–H groups in total. The Morgan fingerprint density at radius 2 is 1.75 bits per heavy atom. The Hall–Kier alpha value is -4.14. The van der Waals surface area contributed by atoms with E-state index in [2.05, 4.69) is 10.5 Å². The second kappa shape index (κ2) is 8.54. The molecule has 0 saturated carbocycles. The first-order valence-electron chi connectivity index (χ1n) is 9.87. The lowest BCUT2D eigenvalue weighted by atomic mass is 10.1. The third-order valence-corrected chi connectivity index (χ3v) is 5.17. The number of fused-ring (bicyclic) bond motifs is 1. The van der Waals surface area contributed by atoms with Crippen LogP contribution in [0.15, 0.2) is 47.0 Å². The Morgan fingerprint density at radius 3 is 2.44 bits per heavy atom. The van der Waals surface area contributed by atoms with E-state index in [4.69, 9.17) is 14.0 Å². The lowest BCUT2D eigenvalue weighted by Gasteiger charge is -2.14. The zero-order valence-corrected chi connectivity index (χ0v) is 17.8. The molecule has 0 radical (unpaired) electrons. The predicted octanol–water partition coefficient (Wildman–Crippen LogP) is 3.09. The molecule has 2 aromatic carbocycles. The number of nitrogens with one attached hydrogen (secondary N) is 1. The first kappa shape index (κ1) is 21.1. The third kappa shape index (κ3) is 3.92. The van der Waals surface area contributed by atoms with Crippen LogP contribution in [0.25, 0.3) is 0 Å². The SMILES string of the molecule is COc1ccc(CCN2C(=O)c3ccc(C(=O)Nc4cc(C)on4)cc3C2=O)cc1OC. The maximum atomic E-state index is 12.9. The summed E-state index contributed by atoms with van der Waals surface area (Å²) in [7, 11) is 3.10. The number of benzene rings is 2. The molecule has 0 bridgehead atoms. The number of anilines is 1. The minimum atomic E-state index is -0.454. The van der Waals surface area contributed by atoms with E-state index in [1.54, 1.807) is 33.3 Å². The minimum absolute atomic E-state index is 0.196. The number of carbonyl (C=O) groups excluding carboxylic acids is 3. The summed E-state index contributed by atoms with van der Waals surface area (Å²) in [5.41, 5.74) is 1.61. The van der Waals surface area contributed by atoms with Gasteiger partial charge in [0.25, 0.3) is 17.7 Å². The maximum Gasteiger partial charge on any atom is 0.261 e. The quantitative estimate of drug-likeness (QED) is 0.568. The maximum absolute atomic E-state index is 12.9. The largest absolute Gasteiger partial charge is 0.493 e. The summed E-state index contributed by atoms with van der Waals surface area (Å²) in [5, 5.41) is 6.31. The van der Waals surface area contributed by atoms with Crippen molar-refractivity contribution in [1.29, 1.82) is 0 Å². The van der Waals surface area contributed by atoms with Crippen LogP contribution in [-0.4, -0.2) is 48.5 Å². The van der Waals surface area contributed by atoms with Gasteiger partial charge in [0.2, 0.25) is 0 Å². The number of imide groups is 1. The van der Waals surface area contributed by atoms with E-state index in [-0.39, 0.29) is 35.0 Å². The zero-order valence-electron chi connectivity index (χ0n) is 17.8. The molecule has 0 unspecified atom stereocenters. The van der Waals surface area contributed by atoms with Gasteiger partial charge >= 0.3 is 0 Å². The highest BCUT2D eigenvalue weighted by Crippen LogP contribution is 2.29. The Kier molecular flexibility index (Phi) is 5.63. The summed E-state index contributed by atoms with van der Waals surface area (Å²) in [6.45, 7) is 1.90. The van der Waals surface area contributed by atoms with Gasteiger partial charge in [-0.2, -0.15) is 0 Å². The molecule has 3 aromatic rings. The number of aromatic nitrogens is 1.